The highest BCUT2D eigenvalue weighted by molar-refractivity contribution is 6.30. The highest BCUT2D eigenvalue weighted by atomic mass is 35.5. The van der Waals surface area contributed by atoms with Gasteiger partial charge in [0.2, 0.25) is 0 Å². The molecule has 0 aliphatic rings. The predicted molar refractivity (Wildman–Crippen MR) is 73.7 cm³/mol. The first-order valence-corrected chi connectivity index (χ1v) is 6.45. The van der Waals surface area contributed by atoms with Gasteiger partial charge in [0.15, 0.2) is 0 Å². The minimum absolute atomic E-state index is 0.462. The third-order valence-corrected chi connectivity index (χ3v) is 3.41. The second-order valence-corrected chi connectivity index (χ2v) is 4.92. The fraction of sp³-hybridized carbons (Fsp3) is 0.571. The zero-order valence-electron chi connectivity index (χ0n) is 10.9. The van der Waals surface area contributed by atoms with Gasteiger partial charge in [-0.1, -0.05) is 30.7 Å². The van der Waals surface area contributed by atoms with Crippen LogP contribution in [0.3, 0.4) is 0 Å². The first-order chi connectivity index (χ1) is 8.17. The SMILES string of the molecule is CNC(Cc1cccc(Cl)c1)C(C)CCOC. The van der Waals surface area contributed by atoms with Crippen LogP contribution in [0.1, 0.15) is 18.9 Å². The summed E-state index contributed by atoms with van der Waals surface area (Å²) in [5.41, 5.74) is 1.28. The zero-order chi connectivity index (χ0) is 12.7. The highest BCUT2D eigenvalue weighted by Gasteiger charge is 2.15. The molecule has 1 aromatic carbocycles. The molecule has 0 aliphatic heterocycles. The van der Waals surface area contributed by atoms with Crippen molar-refractivity contribution in [3.8, 4) is 0 Å². The van der Waals surface area contributed by atoms with Crippen molar-refractivity contribution in [2.45, 2.75) is 25.8 Å². The fourth-order valence-electron chi connectivity index (χ4n) is 2.01. The zero-order valence-corrected chi connectivity index (χ0v) is 11.6. The van der Waals surface area contributed by atoms with Crippen LogP contribution in [0.5, 0.6) is 0 Å². The molecular formula is C14H22ClNO. The van der Waals surface area contributed by atoms with E-state index >= 15 is 0 Å². The van der Waals surface area contributed by atoms with Gasteiger partial charge in [-0.3, -0.25) is 0 Å². The summed E-state index contributed by atoms with van der Waals surface area (Å²) in [6.45, 7) is 3.07. The smallest absolute Gasteiger partial charge is 0.0465 e. The van der Waals surface area contributed by atoms with Gasteiger partial charge in [-0.25, -0.2) is 0 Å². The molecule has 17 heavy (non-hydrogen) atoms. The number of benzene rings is 1. The van der Waals surface area contributed by atoms with Gasteiger partial charge in [-0.15, -0.1) is 0 Å². The molecule has 0 saturated heterocycles. The lowest BCUT2D eigenvalue weighted by Crippen LogP contribution is -2.34. The molecule has 1 rings (SSSR count). The molecule has 0 amide bonds. The maximum Gasteiger partial charge on any atom is 0.0465 e. The van der Waals surface area contributed by atoms with E-state index in [9.17, 15) is 0 Å². The second kappa shape index (κ2) is 7.70. The average Bonchev–Trinajstić information content (AvgIpc) is 2.33. The highest BCUT2D eigenvalue weighted by Crippen LogP contribution is 2.16. The van der Waals surface area contributed by atoms with Crippen molar-refractivity contribution in [1.82, 2.24) is 5.32 Å². The van der Waals surface area contributed by atoms with Crippen molar-refractivity contribution in [1.29, 1.82) is 0 Å². The number of methoxy groups -OCH3 is 1. The van der Waals surface area contributed by atoms with Crippen LogP contribution < -0.4 is 5.32 Å². The monoisotopic (exact) mass is 255 g/mol. The number of rotatable bonds is 7. The van der Waals surface area contributed by atoms with Crippen LogP contribution in [-0.2, 0) is 11.2 Å². The van der Waals surface area contributed by atoms with Crippen molar-refractivity contribution in [2.24, 2.45) is 5.92 Å². The molecule has 1 aromatic rings. The summed E-state index contributed by atoms with van der Waals surface area (Å²) in [5, 5.41) is 4.19. The van der Waals surface area contributed by atoms with Crippen molar-refractivity contribution in [3.05, 3.63) is 34.9 Å². The summed E-state index contributed by atoms with van der Waals surface area (Å²) in [5.74, 6) is 0.582. The average molecular weight is 256 g/mol. The Morgan fingerprint density at radius 2 is 2.18 bits per heavy atom. The Balaban J connectivity index is 2.56. The number of hydrogen-bond acceptors (Lipinski definition) is 2. The van der Waals surface area contributed by atoms with E-state index in [1.807, 2.05) is 25.2 Å². The molecule has 0 fully saturated rings. The Morgan fingerprint density at radius 1 is 1.41 bits per heavy atom. The number of ether oxygens (including phenoxy) is 1. The third-order valence-electron chi connectivity index (χ3n) is 3.18. The quantitative estimate of drug-likeness (QED) is 0.808. The van der Waals surface area contributed by atoms with E-state index in [1.165, 1.54) is 5.56 Å². The Morgan fingerprint density at radius 3 is 2.76 bits per heavy atom. The van der Waals surface area contributed by atoms with Gasteiger partial charge in [0.05, 0.1) is 0 Å². The van der Waals surface area contributed by atoms with Crippen molar-refractivity contribution in [3.63, 3.8) is 0 Å². The molecule has 0 bridgehead atoms. The lowest BCUT2D eigenvalue weighted by molar-refractivity contribution is 0.171. The van der Waals surface area contributed by atoms with Crippen LogP contribution in [-0.4, -0.2) is 26.8 Å². The van der Waals surface area contributed by atoms with Gasteiger partial charge in [0.25, 0.3) is 0 Å². The molecule has 0 heterocycles. The molecular weight excluding hydrogens is 234 g/mol. The molecule has 96 valence electrons. The van der Waals surface area contributed by atoms with Gasteiger partial charge in [-0.2, -0.15) is 0 Å². The fourth-order valence-corrected chi connectivity index (χ4v) is 2.22. The minimum Gasteiger partial charge on any atom is -0.385 e. The molecule has 3 heteroatoms. The summed E-state index contributed by atoms with van der Waals surface area (Å²) >= 11 is 5.99. The molecule has 2 unspecified atom stereocenters. The van der Waals surface area contributed by atoms with Gasteiger partial charge >= 0.3 is 0 Å². The standard InChI is InChI=1S/C14H22ClNO/c1-11(7-8-17-3)14(16-2)10-12-5-4-6-13(15)9-12/h4-6,9,11,14,16H,7-8,10H2,1-3H3. The van der Waals surface area contributed by atoms with Crippen LogP contribution in [0.4, 0.5) is 0 Å². The molecule has 0 aromatic heterocycles. The van der Waals surface area contributed by atoms with Crippen LogP contribution in [0.15, 0.2) is 24.3 Å². The summed E-state index contributed by atoms with van der Waals surface area (Å²) in [4.78, 5) is 0. The number of halogens is 1. The maximum absolute atomic E-state index is 5.99. The van der Waals surface area contributed by atoms with Crippen LogP contribution in [0.25, 0.3) is 0 Å². The Bertz CT molecular complexity index is 330. The minimum atomic E-state index is 0.462. The largest absolute Gasteiger partial charge is 0.385 e. The summed E-state index contributed by atoms with van der Waals surface area (Å²) in [6, 6.07) is 8.54. The third kappa shape index (κ3) is 5.07. The summed E-state index contributed by atoms with van der Waals surface area (Å²) < 4.78 is 5.13. The predicted octanol–water partition coefficient (Wildman–Crippen LogP) is 3.14. The van der Waals surface area contributed by atoms with E-state index in [-0.39, 0.29) is 0 Å². The topological polar surface area (TPSA) is 21.3 Å². The number of nitrogens with one attached hydrogen (secondary N) is 1. The molecule has 2 nitrogen and oxygen atoms in total. The van der Waals surface area contributed by atoms with Gasteiger partial charge in [0, 0.05) is 24.8 Å². The van der Waals surface area contributed by atoms with Gasteiger partial charge < -0.3 is 10.1 Å². The molecule has 0 radical (unpaired) electrons. The summed E-state index contributed by atoms with van der Waals surface area (Å²) in [7, 11) is 3.76. The van der Waals surface area contributed by atoms with Crippen LogP contribution in [0, 0.1) is 5.92 Å². The Kier molecular flexibility index (Phi) is 6.56. The van der Waals surface area contributed by atoms with Crippen LogP contribution >= 0.6 is 11.6 Å². The van der Waals surface area contributed by atoms with Crippen molar-refractivity contribution in [2.75, 3.05) is 20.8 Å². The maximum atomic E-state index is 5.99. The van der Waals surface area contributed by atoms with E-state index in [2.05, 4.69) is 18.3 Å². The van der Waals surface area contributed by atoms with E-state index in [0.29, 0.717) is 12.0 Å². The van der Waals surface area contributed by atoms with E-state index in [4.69, 9.17) is 16.3 Å². The van der Waals surface area contributed by atoms with E-state index < -0.39 is 0 Å². The lowest BCUT2D eigenvalue weighted by Gasteiger charge is -2.23. The van der Waals surface area contributed by atoms with Gasteiger partial charge in [-0.05, 0) is 43.5 Å². The number of likely N-dealkylation sites (N-methyl/N-ethyl adjacent to an activating group) is 1. The first-order valence-electron chi connectivity index (χ1n) is 6.08. The number of hydrogen-bond donors (Lipinski definition) is 1. The van der Waals surface area contributed by atoms with Crippen LogP contribution in [0.2, 0.25) is 5.02 Å². The molecule has 1 N–H and O–H groups in total. The molecule has 0 aliphatic carbocycles. The first kappa shape index (κ1) is 14.5. The summed E-state index contributed by atoms with van der Waals surface area (Å²) in [6.07, 6.45) is 2.07. The second-order valence-electron chi connectivity index (χ2n) is 4.49. The van der Waals surface area contributed by atoms with E-state index in [0.717, 1.165) is 24.5 Å². The van der Waals surface area contributed by atoms with Crippen molar-refractivity contribution < 1.29 is 4.74 Å². The van der Waals surface area contributed by atoms with E-state index in [1.54, 1.807) is 7.11 Å². The van der Waals surface area contributed by atoms with Crippen molar-refractivity contribution >= 4 is 11.6 Å². The Hall–Kier alpha value is -0.570. The molecule has 2 atom stereocenters. The van der Waals surface area contributed by atoms with Gasteiger partial charge in [0.1, 0.15) is 0 Å². The Labute approximate surface area is 109 Å². The normalized spacial score (nSPS) is 14.6. The molecule has 0 spiro atoms. The lowest BCUT2D eigenvalue weighted by atomic mass is 9.93. The molecule has 0 saturated carbocycles.